The largest absolute Gasteiger partial charge is 0.497 e. The van der Waals surface area contributed by atoms with Crippen molar-refractivity contribution in [2.45, 2.75) is 19.5 Å². The fourth-order valence-electron chi connectivity index (χ4n) is 2.84. The quantitative estimate of drug-likeness (QED) is 0.636. The van der Waals surface area contributed by atoms with Crippen molar-refractivity contribution < 1.29 is 9.53 Å². The standard InChI is InChI=1S/C23H24N2O2/c1-17(19-8-4-3-5-9-19)24-16-18-7-6-10-21(15-18)25-23(26)20-11-13-22(27-2)14-12-20/h3-15,17,24H,16H2,1-2H3,(H,25,26). The number of hydrogen-bond acceptors (Lipinski definition) is 3. The summed E-state index contributed by atoms with van der Waals surface area (Å²) in [6, 6.07) is 25.5. The molecule has 0 saturated heterocycles. The number of anilines is 1. The average molecular weight is 360 g/mol. The molecule has 0 heterocycles. The molecule has 3 rings (SSSR count). The third-order valence-electron chi connectivity index (χ3n) is 4.45. The average Bonchev–Trinajstić information content (AvgIpc) is 2.73. The van der Waals surface area contributed by atoms with Gasteiger partial charge < -0.3 is 15.4 Å². The van der Waals surface area contributed by atoms with Gasteiger partial charge in [-0.3, -0.25) is 4.79 Å². The molecule has 4 heteroatoms. The van der Waals surface area contributed by atoms with E-state index in [9.17, 15) is 4.79 Å². The highest BCUT2D eigenvalue weighted by atomic mass is 16.5. The summed E-state index contributed by atoms with van der Waals surface area (Å²) in [5, 5.41) is 6.46. The summed E-state index contributed by atoms with van der Waals surface area (Å²) in [7, 11) is 1.60. The van der Waals surface area contributed by atoms with Crippen molar-refractivity contribution in [2.24, 2.45) is 0 Å². The number of benzene rings is 3. The summed E-state index contributed by atoms with van der Waals surface area (Å²) in [6.07, 6.45) is 0. The van der Waals surface area contributed by atoms with Crippen molar-refractivity contribution in [3.05, 3.63) is 95.6 Å². The minimum atomic E-state index is -0.139. The number of carbonyl (C=O) groups excluding carboxylic acids is 1. The van der Waals surface area contributed by atoms with Crippen LogP contribution in [0.25, 0.3) is 0 Å². The normalized spacial score (nSPS) is 11.6. The minimum Gasteiger partial charge on any atom is -0.497 e. The molecule has 4 nitrogen and oxygen atoms in total. The van der Waals surface area contributed by atoms with Gasteiger partial charge in [0.15, 0.2) is 0 Å². The van der Waals surface area contributed by atoms with Crippen LogP contribution in [0.3, 0.4) is 0 Å². The van der Waals surface area contributed by atoms with Crippen LogP contribution in [0.2, 0.25) is 0 Å². The van der Waals surface area contributed by atoms with Crippen molar-refractivity contribution in [3.8, 4) is 5.75 Å². The zero-order chi connectivity index (χ0) is 19.1. The zero-order valence-corrected chi connectivity index (χ0v) is 15.6. The molecule has 1 amide bonds. The highest BCUT2D eigenvalue weighted by Crippen LogP contribution is 2.16. The van der Waals surface area contributed by atoms with Crippen LogP contribution in [0, 0.1) is 0 Å². The number of carbonyl (C=O) groups is 1. The molecule has 0 aliphatic heterocycles. The molecule has 3 aromatic carbocycles. The van der Waals surface area contributed by atoms with E-state index in [2.05, 4.69) is 29.7 Å². The maximum atomic E-state index is 12.4. The Morgan fingerprint density at radius 2 is 1.70 bits per heavy atom. The summed E-state index contributed by atoms with van der Waals surface area (Å²) in [5.41, 5.74) is 3.74. The first kappa shape index (κ1) is 18.7. The van der Waals surface area contributed by atoms with Gasteiger partial charge in [0.25, 0.3) is 5.91 Å². The molecule has 0 radical (unpaired) electrons. The molecule has 1 atom stereocenters. The van der Waals surface area contributed by atoms with E-state index in [-0.39, 0.29) is 11.9 Å². The summed E-state index contributed by atoms with van der Waals surface area (Å²) in [4.78, 5) is 12.4. The van der Waals surface area contributed by atoms with Gasteiger partial charge in [-0.2, -0.15) is 0 Å². The van der Waals surface area contributed by atoms with Gasteiger partial charge in [0, 0.05) is 23.8 Å². The summed E-state index contributed by atoms with van der Waals surface area (Å²) in [6.45, 7) is 2.87. The van der Waals surface area contributed by atoms with Gasteiger partial charge in [-0.25, -0.2) is 0 Å². The van der Waals surface area contributed by atoms with Gasteiger partial charge in [0.05, 0.1) is 7.11 Å². The Labute approximate surface area is 160 Å². The van der Waals surface area contributed by atoms with Crippen LogP contribution in [0.15, 0.2) is 78.9 Å². The van der Waals surface area contributed by atoms with Crippen LogP contribution < -0.4 is 15.4 Å². The molecule has 138 valence electrons. The molecular formula is C23H24N2O2. The van der Waals surface area contributed by atoms with Crippen LogP contribution in [-0.4, -0.2) is 13.0 Å². The number of methoxy groups -OCH3 is 1. The number of nitrogens with one attached hydrogen (secondary N) is 2. The molecule has 3 aromatic rings. The smallest absolute Gasteiger partial charge is 0.255 e. The molecule has 0 fully saturated rings. The number of rotatable bonds is 7. The first-order chi connectivity index (χ1) is 13.2. The van der Waals surface area contributed by atoms with Gasteiger partial charge in [-0.1, -0.05) is 42.5 Å². The lowest BCUT2D eigenvalue weighted by molar-refractivity contribution is 0.102. The SMILES string of the molecule is COc1ccc(C(=O)Nc2cccc(CNC(C)c3ccccc3)c2)cc1. The first-order valence-corrected chi connectivity index (χ1v) is 8.98. The van der Waals surface area contributed by atoms with Crippen LogP contribution >= 0.6 is 0 Å². The molecule has 0 bridgehead atoms. The second kappa shape index (κ2) is 9.01. The molecule has 0 aromatic heterocycles. The van der Waals surface area contributed by atoms with Gasteiger partial charge in [0.2, 0.25) is 0 Å². The van der Waals surface area contributed by atoms with E-state index in [0.29, 0.717) is 5.56 Å². The highest BCUT2D eigenvalue weighted by molar-refractivity contribution is 6.04. The number of hydrogen-bond donors (Lipinski definition) is 2. The third-order valence-corrected chi connectivity index (χ3v) is 4.45. The van der Waals surface area contributed by atoms with E-state index in [0.717, 1.165) is 23.5 Å². The Hall–Kier alpha value is -3.11. The van der Waals surface area contributed by atoms with Crippen LogP contribution in [0.1, 0.15) is 34.5 Å². The summed E-state index contributed by atoms with van der Waals surface area (Å²) >= 11 is 0. The van der Waals surface area contributed by atoms with Crippen molar-refractivity contribution in [1.29, 1.82) is 0 Å². The Bertz CT molecular complexity index is 876. The highest BCUT2D eigenvalue weighted by Gasteiger charge is 2.08. The van der Waals surface area contributed by atoms with Crippen molar-refractivity contribution in [2.75, 3.05) is 12.4 Å². The number of amides is 1. The van der Waals surface area contributed by atoms with E-state index >= 15 is 0 Å². The second-order valence-electron chi connectivity index (χ2n) is 6.40. The predicted octanol–water partition coefficient (Wildman–Crippen LogP) is 4.80. The van der Waals surface area contributed by atoms with E-state index in [1.165, 1.54) is 5.56 Å². The second-order valence-corrected chi connectivity index (χ2v) is 6.40. The van der Waals surface area contributed by atoms with Crippen LogP contribution in [-0.2, 0) is 6.54 Å². The fourth-order valence-corrected chi connectivity index (χ4v) is 2.84. The molecule has 2 N–H and O–H groups in total. The van der Waals surface area contributed by atoms with E-state index < -0.39 is 0 Å². The molecule has 0 aliphatic carbocycles. The third kappa shape index (κ3) is 5.19. The molecule has 1 unspecified atom stereocenters. The Morgan fingerprint density at radius 3 is 2.41 bits per heavy atom. The topological polar surface area (TPSA) is 50.4 Å². The van der Waals surface area contributed by atoms with Crippen molar-refractivity contribution >= 4 is 11.6 Å². The molecular weight excluding hydrogens is 336 g/mol. The van der Waals surface area contributed by atoms with Gasteiger partial charge >= 0.3 is 0 Å². The lowest BCUT2D eigenvalue weighted by atomic mass is 10.1. The maximum Gasteiger partial charge on any atom is 0.255 e. The van der Waals surface area contributed by atoms with E-state index in [1.807, 2.05) is 42.5 Å². The first-order valence-electron chi connectivity index (χ1n) is 8.98. The van der Waals surface area contributed by atoms with Crippen molar-refractivity contribution in [3.63, 3.8) is 0 Å². The van der Waals surface area contributed by atoms with E-state index in [4.69, 9.17) is 4.74 Å². The molecule has 0 spiro atoms. The fraction of sp³-hybridized carbons (Fsp3) is 0.174. The lowest BCUT2D eigenvalue weighted by Crippen LogP contribution is -2.18. The monoisotopic (exact) mass is 360 g/mol. The Kier molecular flexibility index (Phi) is 6.23. The zero-order valence-electron chi connectivity index (χ0n) is 15.6. The van der Waals surface area contributed by atoms with Crippen molar-refractivity contribution in [1.82, 2.24) is 5.32 Å². The summed E-state index contributed by atoms with van der Waals surface area (Å²) < 4.78 is 5.12. The Balaban J connectivity index is 1.60. The maximum absolute atomic E-state index is 12.4. The van der Waals surface area contributed by atoms with Gasteiger partial charge in [-0.15, -0.1) is 0 Å². The van der Waals surface area contributed by atoms with Gasteiger partial charge in [0.1, 0.15) is 5.75 Å². The lowest BCUT2D eigenvalue weighted by Gasteiger charge is -2.15. The van der Waals surface area contributed by atoms with E-state index in [1.54, 1.807) is 31.4 Å². The number of ether oxygens (including phenoxy) is 1. The Morgan fingerprint density at radius 1 is 0.963 bits per heavy atom. The van der Waals surface area contributed by atoms with Crippen LogP contribution in [0.4, 0.5) is 5.69 Å². The molecule has 0 aliphatic rings. The minimum absolute atomic E-state index is 0.139. The summed E-state index contributed by atoms with van der Waals surface area (Å²) in [5.74, 6) is 0.590. The molecule has 0 saturated carbocycles. The van der Waals surface area contributed by atoms with Crippen LogP contribution in [0.5, 0.6) is 5.75 Å². The predicted molar refractivity (Wildman–Crippen MR) is 109 cm³/mol. The molecule has 27 heavy (non-hydrogen) atoms. The van der Waals surface area contributed by atoms with Gasteiger partial charge in [-0.05, 0) is 54.4 Å².